The van der Waals surface area contributed by atoms with E-state index in [1.807, 2.05) is 12.1 Å². The van der Waals surface area contributed by atoms with E-state index in [9.17, 15) is 19.5 Å². The standard InChI is InChI=1S/C17H14N4O5.C8H6N2O/c1-16-6-9(22)17(2,25-16)11-10(16)14(23)21(15(11)24)8-5-4-7(18-3)12-13(8)20-26-19-12;11-4-6-2-1-3-7-8(6)10-5-9-7/h4-5,9-11,22H,6H2,1-2H3;1-4H,5H2/t9-,10+,11-,16?,17?;/m0./s1. The van der Waals surface area contributed by atoms with E-state index in [-0.39, 0.29) is 22.4 Å². The van der Waals surface area contributed by atoms with Crippen LogP contribution in [0.15, 0.2) is 44.9 Å². The molecule has 12 heteroatoms. The number of imide groups is 1. The number of aliphatic hydroxyl groups is 1. The van der Waals surface area contributed by atoms with Crippen molar-refractivity contribution in [3.8, 4) is 0 Å². The Hall–Kier alpha value is -4.34. The molecule has 4 aliphatic heterocycles. The molecule has 0 saturated carbocycles. The van der Waals surface area contributed by atoms with E-state index in [0.717, 1.165) is 21.9 Å². The molecule has 186 valence electrons. The van der Waals surface area contributed by atoms with Crippen LogP contribution in [0.1, 0.15) is 30.6 Å². The molecule has 2 amide bonds. The first-order chi connectivity index (χ1) is 17.7. The number of amides is 2. The third-order valence-corrected chi connectivity index (χ3v) is 7.67. The number of anilines is 1. The maximum atomic E-state index is 13.2. The van der Waals surface area contributed by atoms with Gasteiger partial charge in [0.1, 0.15) is 23.3 Å². The number of aliphatic hydroxyl groups excluding tert-OH is 1. The molecule has 3 aromatic rings. The lowest BCUT2D eigenvalue weighted by Gasteiger charge is -2.31. The van der Waals surface area contributed by atoms with Gasteiger partial charge in [-0.2, -0.15) is 0 Å². The maximum Gasteiger partial charge on any atom is 0.240 e. The summed E-state index contributed by atoms with van der Waals surface area (Å²) in [6.45, 7) is 11.1. The predicted molar refractivity (Wildman–Crippen MR) is 125 cm³/mol. The molecule has 1 aromatic heterocycles. The molecule has 37 heavy (non-hydrogen) atoms. The van der Waals surface area contributed by atoms with Gasteiger partial charge < -0.3 is 9.84 Å². The van der Waals surface area contributed by atoms with Crippen molar-refractivity contribution in [2.75, 3.05) is 11.6 Å². The van der Waals surface area contributed by atoms with E-state index in [2.05, 4.69) is 25.1 Å². The lowest BCUT2D eigenvalue weighted by Crippen LogP contribution is -2.49. The Labute approximate surface area is 209 Å². The van der Waals surface area contributed by atoms with Crippen molar-refractivity contribution in [1.82, 2.24) is 10.3 Å². The molecule has 12 nitrogen and oxygen atoms in total. The molecule has 7 rings (SSSR count). The van der Waals surface area contributed by atoms with Crippen LogP contribution in [0.25, 0.3) is 15.9 Å². The Kier molecular flexibility index (Phi) is 4.88. The number of para-hydroxylation sites is 1. The van der Waals surface area contributed by atoms with Gasteiger partial charge in [0.15, 0.2) is 6.29 Å². The van der Waals surface area contributed by atoms with E-state index >= 15 is 0 Å². The number of aldehydes is 1. The average molecular weight is 500 g/mol. The number of carbonyl (C=O) groups excluding carboxylic acids is 3. The normalized spacial score (nSPS) is 30.8. The van der Waals surface area contributed by atoms with Gasteiger partial charge in [0, 0.05) is 12.0 Å². The third-order valence-electron chi connectivity index (χ3n) is 7.67. The van der Waals surface area contributed by atoms with Crippen LogP contribution in [0.4, 0.5) is 11.4 Å². The Morgan fingerprint density at radius 3 is 2.62 bits per heavy atom. The minimum absolute atomic E-state index is 0.185. The zero-order valence-corrected chi connectivity index (χ0v) is 19.8. The molecule has 3 saturated heterocycles. The van der Waals surface area contributed by atoms with E-state index in [1.54, 1.807) is 19.9 Å². The molecular weight excluding hydrogens is 480 g/mol. The molecule has 3 fully saturated rings. The number of benzene rings is 2. The second-order valence-electron chi connectivity index (χ2n) is 9.75. The first-order valence-electron chi connectivity index (χ1n) is 11.6. The van der Waals surface area contributed by atoms with E-state index in [4.69, 9.17) is 15.9 Å². The quantitative estimate of drug-likeness (QED) is 0.310. The zero-order valence-electron chi connectivity index (χ0n) is 19.8. The van der Waals surface area contributed by atoms with E-state index in [1.165, 1.54) is 12.1 Å². The summed E-state index contributed by atoms with van der Waals surface area (Å²) in [5, 5.41) is 19.4. The molecule has 0 aliphatic carbocycles. The maximum absolute atomic E-state index is 13.2. The number of fused-ring (bicyclic) bond motifs is 7. The summed E-state index contributed by atoms with van der Waals surface area (Å²) in [4.78, 5) is 49.4. The number of rotatable bonds is 2. The van der Waals surface area contributed by atoms with Gasteiger partial charge in [-0.05, 0) is 37.2 Å². The van der Waals surface area contributed by atoms with Crippen molar-refractivity contribution in [3.63, 3.8) is 0 Å². The lowest BCUT2D eigenvalue weighted by molar-refractivity contribution is -0.132. The summed E-state index contributed by atoms with van der Waals surface area (Å²) in [5.74, 6) is -2.26. The largest absolute Gasteiger partial charge is 0.390 e. The van der Waals surface area contributed by atoms with Crippen molar-refractivity contribution >= 4 is 40.5 Å². The summed E-state index contributed by atoms with van der Waals surface area (Å²) in [7, 11) is 0. The van der Waals surface area contributed by atoms with Crippen LogP contribution in [-0.2, 0) is 14.3 Å². The summed E-state index contributed by atoms with van der Waals surface area (Å²) in [6, 6.07) is 8.40. The minimum atomic E-state index is -1.10. The predicted octanol–water partition coefficient (Wildman–Crippen LogP) is 0.901. The highest BCUT2D eigenvalue weighted by Gasteiger charge is 2.75. The fourth-order valence-electron chi connectivity index (χ4n) is 6.00. The van der Waals surface area contributed by atoms with Gasteiger partial charge in [0.05, 0.1) is 46.5 Å². The molecule has 5 heterocycles. The smallest absolute Gasteiger partial charge is 0.240 e. The fraction of sp³-hybridized carbons (Fsp3) is 0.360. The molecule has 2 unspecified atom stereocenters. The zero-order chi connectivity index (χ0) is 26.1. The number of carbonyl (C=O) groups is 3. The Bertz CT molecular complexity index is 1680. The first-order valence-corrected chi connectivity index (χ1v) is 11.6. The lowest BCUT2D eigenvalue weighted by atomic mass is 9.67. The van der Waals surface area contributed by atoms with Crippen LogP contribution < -0.4 is 15.6 Å². The average Bonchev–Trinajstić information content (AvgIpc) is 3.67. The highest BCUT2D eigenvalue weighted by molar-refractivity contribution is 6.26. The van der Waals surface area contributed by atoms with Gasteiger partial charge in [-0.1, -0.05) is 17.3 Å². The number of hydrogen-bond donors (Lipinski definition) is 1. The van der Waals surface area contributed by atoms with Crippen LogP contribution >= 0.6 is 0 Å². The van der Waals surface area contributed by atoms with Crippen molar-refractivity contribution in [2.45, 2.75) is 37.6 Å². The van der Waals surface area contributed by atoms with Gasteiger partial charge in [0.25, 0.3) is 0 Å². The van der Waals surface area contributed by atoms with Crippen molar-refractivity contribution in [3.05, 3.63) is 58.0 Å². The van der Waals surface area contributed by atoms with Crippen molar-refractivity contribution < 1.29 is 28.9 Å². The molecule has 2 bridgehead atoms. The van der Waals surface area contributed by atoms with Crippen LogP contribution in [0.3, 0.4) is 0 Å². The fourth-order valence-corrected chi connectivity index (χ4v) is 6.00. The molecule has 1 N–H and O–H groups in total. The van der Waals surface area contributed by atoms with Crippen LogP contribution in [0.5, 0.6) is 0 Å². The Morgan fingerprint density at radius 1 is 1.11 bits per heavy atom. The Balaban J connectivity index is 0.000000191. The molecule has 4 aliphatic rings. The second kappa shape index (κ2) is 7.83. The van der Waals surface area contributed by atoms with Gasteiger partial charge in [-0.15, -0.1) is 0 Å². The molecule has 0 radical (unpaired) electrons. The number of ether oxygens (including phenoxy) is 1. The number of nitrogens with zero attached hydrogens (tertiary/aromatic N) is 6. The van der Waals surface area contributed by atoms with Crippen molar-refractivity contribution in [2.24, 2.45) is 21.8 Å². The minimum Gasteiger partial charge on any atom is -0.390 e. The van der Waals surface area contributed by atoms with Gasteiger partial charge in [-0.25, -0.2) is 14.4 Å². The summed E-state index contributed by atoms with van der Waals surface area (Å²) < 4.78 is 10.7. The molecule has 2 aromatic carbocycles. The van der Waals surface area contributed by atoms with Crippen LogP contribution in [-0.4, -0.2) is 57.5 Å². The van der Waals surface area contributed by atoms with E-state index < -0.39 is 41.0 Å². The Morgan fingerprint density at radius 2 is 1.86 bits per heavy atom. The molecular formula is C25H20N6O6. The highest BCUT2D eigenvalue weighted by Crippen LogP contribution is 2.61. The van der Waals surface area contributed by atoms with E-state index in [0.29, 0.717) is 18.7 Å². The van der Waals surface area contributed by atoms with Gasteiger partial charge in [-0.3, -0.25) is 24.4 Å². The summed E-state index contributed by atoms with van der Waals surface area (Å²) in [6.07, 6.45) is 0.293. The van der Waals surface area contributed by atoms with Gasteiger partial charge >= 0.3 is 0 Å². The topological polar surface area (TPSA) is 152 Å². The first kappa shape index (κ1) is 23.1. The second-order valence-corrected chi connectivity index (χ2v) is 9.75. The summed E-state index contributed by atoms with van der Waals surface area (Å²) in [5.41, 5.74) is -0.516. The number of aromatic nitrogens is 2. The summed E-state index contributed by atoms with van der Waals surface area (Å²) >= 11 is 0. The SMILES string of the molecule is O=Cc1cccc2c1=NCN=2.[C-]#[N+]c1ccc(N2C(=O)[C@@H]3[C@H](C2=O)C2(C)C[C@H](O)C3(C)O2)c2nonc12. The monoisotopic (exact) mass is 500 g/mol. The van der Waals surface area contributed by atoms with Crippen LogP contribution in [0.2, 0.25) is 0 Å². The highest BCUT2D eigenvalue weighted by atomic mass is 16.6. The van der Waals surface area contributed by atoms with Gasteiger partial charge in [0.2, 0.25) is 17.5 Å². The number of hydrogen-bond acceptors (Lipinski definition) is 10. The van der Waals surface area contributed by atoms with Crippen molar-refractivity contribution in [1.29, 1.82) is 0 Å². The third kappa shape index (κ3) is 3.04. The van der Waals surface area contributed by atoms with Crippen LogP contribution in [0, 0.1) is 18.4 Å². The molecule has 0 spiro atoms. The molecule has 5 atom stereocenters.